The number of benzene rings is 2. The first-order valence-electron chi connectivity index (χ1n) is 4.67. The van der Waals surface area contributed by atoms with Gasteiger partial charge in [-0.15, -0.1) is 0 Å². The van der Waals surface area contributed by atoms with Crippen molar-refractivity contribution >= 4 is 10.0 Å². The lowest BCUT2D eigenvalue weighted by molar-refractivity contribution is 0.598. The number of hydrogen-bond donors (Lipinski definition) is 1. The average Bonchev–Trinajstić information content (AvgIpc) is 2.29. The predicted octanol–water partition coefficient (Wildman–Crippen LogP) is 1.80. The molecule has 3 nitrogen and oxygen atoms in total. The summed E-state index contributed by atoms with van der Waals surface area (Å²) >= 11 is 0. The Balaban J connectivity index is 2.53. The molecule has 2 aromatic rings. The van der Waals surface area contributed by atoms with Crippen LogP contribution in [0.2, 0.25) is 0 Å². The average molecular weight is 232 g/mol. The summed E-state index contributed by atoms with van der Waals surface area (Å²) in [6.45, 7) is 0. The Bertz CT molecular complexity index is 591. The molecule has 0 aliphatic rings. The molecule has 0 aliphatic carbocycles. The van der Waals surface area contributed by atoms with Crippen LogP contribution in [0.1, 0.15) is 0 Å². The molecule has 0 aliphatic heterocycles. The van der Waals surface area contributed by atoms with Gasteiger partial charge in [-0.25, -0.2) is 13.6 Å². The quantitative estimate of drug-likeness (QED) is 0.858. The second kappa shape index (κ2) is 4.08. The molecule has 0 aromatic heterocycles. The summed E-state index contributed by atoms with van der Waals surface area (Å²) in [5.74, 6) is 0. The normalized spacial score (nSPS) is 11.3. The fourth-order valence-electron chi connectivity index (χ4n) is 1.43. The van der Waals surface area contributed by atoms with Gasteiger partial charge in [-0.1, -0.05) is 30.3 Å². The van der Waals surface area contributed by atoms with Gasteiger partial charge >= 0.3 is 0 Å². The summed E-state index contributed by atoms with van der Waals surface area (Å²) in [5.41, 5.74) is 1.72. The number of hydrogen-bond acceptors (Lipinski definition) is 2. The highest BCUT2D eigenvalue weighted by Crippen LogP contribution is 2.21. The van der Waals surface area contributed by atoms with Gasteiger partial charge in [-0.05, 0) is 35.4 Å². The lowest BCUT2D eigenvalue weighted by Crippen LogP contribution is -2.11. The van der Waals surface area contributed by atoms with Gasteiger partial charge in [-0.2, -0.15) is 0 Å². The van der Waals surface area contributed by atoms with E-state index in [-0.39, 0.29) is 4.90 Å². The Kier molecular flexibility index (Phi) is 2.77. The van der Waals surface area contributed by atoms with Gasteiger partial charge in [0.25, 0.3) is 0 Å². The van der Waals surface area contributed by atoms with Gasteiger partial charge in [0.05, 0.1) is 4.90 Å². The van der Waals surface area contributed by atoms with Crippen LogP contribution in [0.15, 0.2) is 53.4 Å². The van der Waals surface area contributed by atoms with E-state index < -0.39 is 10.0 Å². The lowest BCUT2D eigenvalue weighted by atomic mass is 10.1. The van der Waals surface area contributed by atoms with Gasteiger partial charge in [0.15, 0.2) is 0 Å². The van der Waals surface area contributed by atoms with Crippen molar-refractivity contribution in [1.29, 1.82) is 0 Å². The highest BCUT2D eigenvalue weighted by molar-refractivity contribution is 7.89. The molecule has 0 fully saturated rings. The molecule has 0 atom stereocenters. The summed E-state index contributed by atoms with van der Waals surface area (Å²) in [7, 11) is -3.64. The molecule has 0 heterocycles. The smallest absolute Gasteiger partial charge is 0.225 e. The third-order valence-corrected chi connectivity index (χ3v) is 3.11. The zero-order valence-corrected chi connectivity index (χ0v) is 9.24. The molecule has 0 saturated heterocycles. The van der Waals surface area contributed by atoms with E-state index >= 15 is 0 Å². The van der Waals surface area contributed by atoms with E-state index in [0.29, 0.717) is 0 Å². The first kappa shape index (κ1) is 10.9. The van der Waals surface area contributed by atoms with Crippen molar-refractivity contribution in [3.05, 3.63) is 54.6 Å². The maximum atomic E-state index is 11.2. The summed E-state index contributed by atoms with van der Waals surface area (Å²) < 4.78 is 22.4. The van der Waals surface area contributed by atoms with Crippen molar-refractivity contribution in [3.8, 4) is 11.1 Å². The van der Waals surface area contributed by atoms with E-state index in [1.54, 1.807) is 24.3 Å². The summed E-state index contributed by atoms with van der Waals surface area (Å²) in [5, 5.41) is 5.07. The van der Waals surface area contributed by atoms with Crippen LogP contribution in [0.5, 0.6) is 0 Å². The van der Waals surface area contributed by atoms with E-state index in [9.17, 15) is 8.42 Å². The highest BCUT2D eigenvalue weighted by atomic mass is 32.2. The van der Waals surface area contributed by atoms with E-state index in [1.165, 1.54) is 6.07 Å². The third kappa shape index (κ3) is 2.29. The molecule has 2 N–H and O–H groups in total. The highest BCUT2D eigenvalue weighted by Gasteiger charge is 2.08. The Hall–Kier alpha value is -1.65. The SMILES string of the molecule is NS(=O)(=O)c1cccc(-c2c[c]ccc2)c1. The number of rotatable bonds is 2. The Morgan fingerprint density at radius 2 is 1.81 bits per heavy atom. The minimum absolute atomic E-state index is 0.119. The monoisotopic (exact) mass is 232 g/mol. The first-order chi connectivity index (χ1) is 7.57. The van der Waals surface area contributed by atoms with Gasteiger partial charge < -0.3 is 0 Å². The van der Waals surface area contributed by atoms with Crippen molar-refractivity contribution in [2.75, 3.05) is 0 Å². The molecule has 0 saturated carbocycles. The van der Waals surface area contributed by atoms with E-state index in [4.69, 9.17) is 5.14 Å². The zero-order valence-electron chi connectivity index (χ0n) is 8.42. The zero-order chi connectivity index (χ0) is 11.6. The standard InChI is InChI=1S/C12H10NO2S/c13-16(14,15)12-8-4-7-11(9-12)10-5-2-1-3-6-10/h1-2,4-9H,(H2,13,14,15). The second-order valence-corrected chi connectivity index (χ2v) is 4.93. The fraction of sp³-hybridized carbons (Fsp3) is 0. The van der Waals surface area contributed by atoms with Crippen molar-refractivity contribution in [2.45, 2.75) is 4.90 Å². The van der Waals surface area contributed by atoms with Crippen molar-refractivity contribution in [1.82, 2.24) is 0 Å². The molecule has 1 radical (unpaired) electrons. The number of sulfonamides is 1. The molecule has 16 heavy (non-hydrogen) atoms. The first-order valence-corrected chi connectivity index (χ1v) is 6.21. The van der Waals surface area contributed by atoms with Crippen molar-refractivity contribution < 1.29 is 8.42 Å². The summed E-state index contributed by atoms with van der Waals surface area (Å²) in [6, 6.07) is 16.8. The van der Waals surface area contributed by atoms with E-state index in [0.717, 1.165) is 11.1 Å². The number of primary sulfonamides is 1. The van der Waals surface area contributed by atoms with Gasteiger partial charge in [0.2, 0.25) is 10.0 Å². The van der Waals surface area contributed by atoms with Crippen LogP contribution in [-0.2, 0) is 10.0 Å². The maximum Gasteiger partial charge on any atom is 0.238 e. The largest absolute Gasteiger partial charge is 0.238 e. The van der Waals surface area contributed by atoms with Crippen molar-refractivity contribution in [2.24, 2.45) is 5.14 Å². The van der Waals surface area contributed by atoms with Crippen molar-refractivity contribution in [3.63, 3.8) is 0 Å². The number of nitrogens with two attached hydrogens (primary N) is 1. The summed E-state index contributed by atoms with van der Waals surface area (Å²) in [6.07, 6.45) is 0. The van der Waals surface area contributed by atoms with Crippen LogP contribution >= 0.6 is 0 Å². The topological polar surface area (TPSA) is 60.2 Å². The molecule has 0 spiro atoms. The fourth-order valence-corrected chi connectivity index (χ4v) is 1.99. The predicted molar refractivity (Wildman–Crippen MR) is 62.1 cm³/mol. The molecule has 0 unspecified atom stereocenters. The molecule has 2 aromatic carbocycles. The van der Waals surface area contributed by atoms with Crippen LogP contribution in [0.25, 0.3) is 11.1 Å². The van der Waals surface area contributed by atoms with Gasteiger partial charge in [0.1, 0.15) is 0 Å². The lowest BCUT2D eigenvalue weighted by Gasteiger charge is -2.03. The molecule has 81 valence electrons. The van der Waals surface area contributed by atoms with E-state index in [2.05, 4.69) is 6.07 Å². The molecular weight excluding hydrogens is 222 g/mol. The van der Waals surface area contributed by atoms with Crippen LogP contribution in [0.4, 0.5) is 0 Å². The van der Waals surface area contributed by atoms with E-state index in [1.807, 2.05) is 18.2 Å². The Morgan fingerprint density at radius 3 is 2.44 bits per heavy atom. The summed E-state index contributed by atoms with van der Waals surface area (Å²) in [4.78, 5) is 0.119. The molecule has 0 amide bonds. The van der Waals surface area contributed by atoms with Gasteiger partial charge in [-0.3, -0.25) is 0 Å². The Labute approximate surface area is 94.6 Å². The minimum Gasteiger partial charge on any atom is -0.225 e. The van der Waals surface area contributed by atoms with Crippen LogP contribution < -0.4 is 5.14 Å². The molecule has 4 heteroatoms. The van der Waals surface area contributed by atoms with Crippen LogP contribution in [0.3, 0.4) is 0 Å². The molecule has 0 bridgehead atoms. The minimum atomic E-state index is -3.64. The molecular formula is C12H10NO2S. The van der Waals surface area contributed by atoms with Crippen LogP contribution in [-0.4, -0.2) is 8.42 Å². The van der Waals surface area contributed by atoms with Gasteiger partial charge in [0, 0.05) is 0 Å². The Morgan fingerprint density at radius 1 is 1.06 bits per heavy atom. The molecule has 2 rings (SSSR count). The third-order valence-electron chi connectivity index (χ3n) is 2.20. The second-order valence-electron chi connectivity index (χ2n) is 3.36. The maximum absolute atomic E-state index is 11.2. The van der Waals surface area contributed by atoms with Crippen LogP contribution in [0, 0.1) is 6.07 Å².